The van der Waals surface area contributed by atoms with Gasteiger partial charge in [-0.05, 0) is 106 Å². The van der Waals surface area contributed by atoms with E-state index in [0.717, 1.165) is 61.2 Å². The predicted molar refractivity (Wildman–Crippen MR) is 159 cm³/mol. The Hall–Kier alpha value is -2.75. The van der Waals surface area contributed by atoms with Crippen LogP contribution in [0.25, 0.3) is 10.9 Å². The Kier molecular flexibility index (Phi) is 12.0. The summed E-state index contributed by atoms with van der Waals surface area (Å²) >= 11 is 1.50. The average molecular weight is 569 g/mol. The number of aryl methyl sites for hydroxylation is 1. The molecule has 9 heteroatoms. The first-order chi connectivity index (χ1) is 19.5. The number of nitrogens with zero attached hydrogens (tertiary/aromatic N) is 3. The fraction of sp³-hybridized carbons (Fsp3) is 0.516. The molecular weight excluding hydrogens is 527 g/mol. The molecule has 5 rings (SSSR count). The molecule has 4 heterocycles. The summed E-state index contributed by atoms with van der Waals surface area (Å²) < 4.78 is 18.6. The third-order valence-electron chi connectivity index (χ3n) is 7.77. The highest BCUT2D eigenvalue weighted by atomic mass is 32.2. The first-order valence-electron chi connectivity index (χ1n) is 14.4. The molecule has 0 saturated carbocycles. The fourth-order valence-corrected chi connectivity index (χ4v) is 6.41. The number of aromatic nitrogens is 2. The van der Waals surface area contributed by atoms with Crippen molar-refractivity contribution in [1.29, 1.82) is 0 Å². The molecule has 2 N–H and O–H groups in total. The maximum absolute atomic E-state index is 13.2. The van der Waals surface area contributed by atoms with Crippen LogP contribution in [0.15, 0.2) is 53.7 Å². The first kappa shape index (κ1) is 30.2. The number of ether oxygens (including phenoxy) is 1. The number of pyridine rings is 2. The van der Waals surface area contributed by atoms with Crippen LogP contribution in [-0.4, -0.2) is 71.5 Å². The lowest BCUT2D eigenvalue weighted by Gasteiger charge is -2.36. The van der Waals surface area contributed by atoms with Crippen LogP contribution in [0, 0.1) is 17.8 Å². The number of halogens is 1. The van der Waals surface area contributed by atoms with Gasteiger partial charge >= 0.3 is 5.97 Å². The van der Waals surface area contributed by atoms with Gasteiger partial charge in [0.25, 0.3) is 0 Å². The molecule has 2 saturated heterocycles. The zero-order chi connectivity index (χ0) is 28.2. The molecule has 0 aliphatic carbocycles. The van der Waals surface area contributed by atoms with Crippen LogP contribution in [0.5, 0.6) is 5.75 Å². The third kappa shape index (κ3) is 9.14. The minimum atomic E-state index is -0.715. The molecule has 2 aliphatic heterocycles. The van der Waals surface area contributed by atoms with Crippen molar-refractivity contribution in [3.8, 4) is 5.75 Å². The third-order valence-corrected chi connectivity index (χ3v) is 8.68. The minimum absolute atomic E-state index is 0.175. The van der Waals surface area contributed by atoms with E-state index < -0.39 is 11.9 Å². The van der Waals surface area contributed by atoms with E-state index in [1.54, 1.807) is 19.2 Å². The number of piperidine rings is 2. The molecule has 0 unspecified atom stereocenters. The van der Waals surface area contributed by atoms with Crippen molar-refractivity contribution in [3.63, 3.8) is 0 Å². The summed E-state index contributed by atoms with van der Waals surface area (Å²) in [6, 6.07) is 12.7. The molecule has 1 aromatic carbocycles. The molecular formula is C31H41FN4O3S. The monoisotopic (exact) mass is 568 g/mol. The Bertz CT molecular complexity index is 1210. The van der Waals surface area contributed by atoms with E-state index in [4.69, 9.17) is 4.74 Å². The van der Waals surface area contributed by atoms with Crippen molar-refractivity contribution < 1.29 is 19.0 Å². The number of likely N-dealkylation sites (tertiary alicyclic amines) is 1. The lowest BCUT2D eigenvalue weighted by atomic mass is 9.81. The van der Waals surface area contributed by atoms with Gasteiger partial charge in [0.2, 0.25) is 5.95 Å². The van der Waals surface area contributed by atoms with Gasteiger partial charge in [-0.25, -0.2) is 4.98 Å². The van der Waals surface area contributed by atoms with Crippen LogP contribution >= 0.6 is 11.8 Å². The molecule has 3 aromatic rings. The molecule has 2 fully saturated rings. The van der Waals surface area contributed by atoms with Crippen LogP contribution in [0.1, 0.15) is 44.1 Å². The summed E-state index contributed by atoms with van der Waals surface area (Å²) in [5.74, 6) is 0.191. The smallest absolute Gasteiger partial charge is 0.308 e. The summed E-state index contributed by atoms with van der Waals surface area (Å²) in [4.78, 5) is 22.5. The molecule has 2 aliphatic rings. The van der Waals surface area contributed by atoms with E-state index in [1.165, 1.54) is 55.7 Å². The van der Waals surface area contributed by atoms with Gasteiger partial charge in [-0.3, -0.25) is 9.78 Å². The number of carboxylic acid groups (broad SMARTS) is 1. The van der Waals surface area contributed by atoms with E-state index in [-0.39, 0.29) is 11.8 Å². The molecule has 2 atom stereocenters. The van der Waals surface area contributed by atoms with Crippen LogP contribution in [0.3, 0.4) is 0 Å². The second kappa shape index (κ2) is 15.9. The molecule has 40 heavy (non-hydrogen) atoms. The number of hydrogen-bond acceptors (Lipinski definition) is 7. The zero-order valence-electron chi connectivity index (χ0n) is 23.4. The molecule has 0 bridgehead atoms. The molecule has 0 radical (unpaired) electrons. The number of benzene rings is 1. The van der Waals surface area contributed by atoms with Crippen molar-refractivity contribution in [2.45, 2.75) is 50.0 Å². The van der Waals surface area contributed by atoms with E-state index >= 15 is 0 Å². The normalized spacial score (nSPS) is 19.6. The minimum Gasteiger partial charge on any atom is -0.497 e. The van der Waals surface area contributed by atoms with Crippen molar-refractivity contribution in [2.75, 3.05) is 45.6 Å². The number of hydrogen-bond donors (Lipinski definition) is 2. The highest BCUT2D eigenvalue weighted by molar-refractivity contribution is 7.99. The van der Waals surface area contributed by atoms with Gasteiger partial charge < -0.3 is 20.1 Å². The van der Waals surface area contributed by atoms with E-state index in [9.17, 15) is 14.3 Å². The number of carbonyl (C=O) groups is 1. The van der Waals surface area contributed by atoms with Gasteiger partial charge in [0.1, 0.15) is 5.75 Å². The largest absolute Gasteiger partial charge is 0.497 e. The number of nitrogens with one attached hydrogen (secondary N) is 1. The second-order valence-electron chi connectivity index (χ2n) is 10.5. The summed E-state index contributed by atoms with van der Waals surface area (Å²) in [5, 5.41) is 14.9. The quantitative estimate of drug-likeness (QED) is 0.239. The number of fused-ring (bicyclic) bond motifs is 1. The number of methoxy groups -OCH3 is 1. The van der Waals surface area contributed by atoms with Gasteiger partial charge in [0, 0.05) is 30.4 Å². The van der Waals surface area contributed by atoms with Crippen molar-refractivity contribution in [1.82, 2.24) is 20.2 Å². The number of carboxylic acids is 1. The van der Waals surface area contributed by atoms with Crippen LogP contribution in [-0.2, 0) is 11.2 Å². The Morgan fingerprint density at radius 2 is 2.05 bits per heavy atom. The lowest BCUT2D eigenvalue weighted by molar-refractivity contribution is -0.146. The fourth-order valence-electron chi connectivity index (χ4n) is 5.53. The molecule has 216 valence electrons. The predicted octanol–water partition coefficient (Wildman–Crippen LogP) is 5.68. The van der Waals surface area contributed by atoms with Gasteiger partial charge in [-0.1, -0.05) is 12.5 Å². The van der Waals surface area contributed by atoms with Crippen LogP contribution in [0.2, 0.25) is 0 Å². The van der Waals surface area contributed by atoms with Gasteiger partial charge in [-0.15, -0.1) is 11.8 Å². The summed E-state index contributed by atoms with van der Waals surface area (Å²) in [7, 11) is 1.66. The standard InChI is InChI=1S/C26H30FN3O3S.C5H11N/c1-33-20-8-9-23-21(16-20)18(10-12-28-23)4-2-5-19-11-13-30(17-22(19)26(31)32)14-15-34-25-7-3-6-24(27)29-25;1-2-4-6-5-3-1/h3,6-10,12,16,19,22H,2,4-5,11,13-15,17H2,1H3,(H,31,32);6H,1-5H2/t19-,22+;/m1./s1. The Balaban J connectivity index is 0.000000546. The molecule has 2 aromatic heterocycles. The maximum Gasteiger partial charge on any atom is 0.308 e. The van der Waals surface area contributed by atoms with Crippen LogP contribution in [0.4, 0.5) is 4.39 Å². The van der Waals surface area contributed by atoms with Gasteiger partial charge in [-0.2, -0.15) is 4.39 Å². The second-order valence-corrected chi connectivity index (χ2v) is 11.6. The topological polar surface area (TPSA) is 87.6 Å². The van der Waals surface area contributed by atoms with E-state index in [1.807, 2.05) is 30.5 Å². The maximum atomic E-state index is 13.2. The lowest BCUT2D eigenvalue weighted by Crippen LogP contribution is -2.44. The highest BCUT2D eigenvalue weighted by Crippen LogP contribution is 2.30. The van der Waals surface area contributed by atoms with Crippen molar-refractivity contribution in [2.24, 2.45) is 11.8 Å². The molecule has 7 nitrogen and oxygen atoms in total. The average Bonchev–Trinajstić information content (AvgIpc) is 2.99. The van der Waals surface area contributed by atoms with Crippen molar-refractivity contribution in [3.05, 3.63) is 60.2 Å². The Labute approximate surface area is 240 Å². The summed E-state index contributed by atoms with van der Waals surface area (Å²) in [5.41, 5.74) is 2.16. The Morgan fingerprint density at radius 3 is 2.75 bits per heavy atom. The summed E-state index contributed by atoms with van der Waals surface area (Å²) in [6.45, 7) is 4.72. The first-order valence-corrected chi connectivity index (χ1v) is 15.3. The SMILES string of the molecule is C1CCNCC1.COc1ccc2nccc(CCC[C@@H]3CCN(CCSc4cccc(F)n4)C[C@@H]3C(=O)O)c2c1. The Morgan fingerprint density at radius 1 is 1.20 bits per heavy atom. The number of rotatable bonds is 10. The van der Waals surface area contributed by atoms with Crippen LogP contribution < -0.4 is 10.1 Å². The number of thioether (sulfide) groups is 1. The highest BCUT2D eigenvalue weighted by Gasteiger charge is 2.33. The van der Waals surface area contributed by atoms with Crippen molar-refractivity contribution >= 4 is 28.6 Å². The van der Waals surface area contributed by atoms with E-state index in [0.29, 0.717) is 11.6 Å². The zero-order valence-corrected chi connectivity index (χ0v) is 24.2. The number of aliphatic carboxylic acids is 1. The summed E-state index contributed by atoms with van der Waals surface area (Å²) in [6.07, 6.45) is 9.64. The molecule has 0 spiro atoms. The van der Waals surface area contributed by atoms with Gasteiger partial charge in [0.15, 0.2) is 0 Å². The molecule has 0 amide bonds. The van der Waals surface area contributed by atoms with Gasteiger partial charge in [0.05, 0.1) is 23.6 Å². The van der Waals surface area contributed by atoms with E-state index in [2.05, 4.69) is 20.2 Å².